The van der Waals surface area contributed by atoms with E-state index >= 15 is 0 Å². The Morgan fingerprint density at radius 1 is 1.52 bits per heavy atom. The summed E-state index contributed by atoms with van der Waals surface area (Å²) in [6.45, 7) is 2.51. The fourth-order valence-electron chi connectivity index (χ4n) is 3.00. The van der Waals surface area contributed by atoms with E-state index in [4.69, 9.17) is 9.47 Å². The van der Waals surface area contributed by atoms with E-state index in [9.17, 15) is 9.90 Å². The highest BCUT2D eigenvalue weighted by molar-refractivity contribution is 6.00. The summed E-state index contributed by atoms with van der Waals surface area (Å²) in [7, 11) is 0. The highest BCUT2D eigenvalue weighted by atomic mass is 16.6. The number of fused-ring (bicyclic) bond motifs is 3. The van der Waals surface area contributed by atoms with E-state index in [1.807, 2.05) is 36.2 Å². The van der Waals surface area contributed by atoms with Crippen molar-refractivity contribution in [1.29, 1.82) is 0 Å². The summed E-state index contributed by atoms with van der Waals surface area (Å²) < 4.78 is 11.1. The van der Waals surface area contributed by atoms with Gasteiger partial charge in [0.15, 0.2) is 12.8 Å². The molecule has 0 aromatic heterocycles. The molecule has 3 aliphatic heterocycles. The number of anilines is 2. The Morgan fingerprint density at radius 3 is 3.22 bits per heavy atom. The fraction of sp³-hybridized carbons (Fsp3) is 0.375. The Balaban J connectivity index is 1.69. The van der Waals surface area contributed by atoms with Crippen LogP contribution in [0.25, 0.3) is 0 Å². The zero-order chi connectivity index (χ0) is 16.0. The number of nitrogens with zero attached hydrogens (tertiary/aromatic N) is 3. The largest absolute Gasteiger partial charge is 0.473 e. The molecule has 7 nitrogen and oxygen atoms in total. The van der Waals surface area contributed by atoms with Crippen LogP contribution in [0.2, 0.25) is 0 Å². The van der Waals surface area contributed by atoms with Gasteiger partial charge in [-0.2, -0.15) is 4.99 Å². The van der Waals surface area contributed by atoms with Gasteiger partial charge in [-0.3, -0.25) is 4.90 Å². The summed E-state index contributed by atoms with van der Waals surface area (Å²) in [5.41, 5.74) is 1.49. The number of aliphatic imine (C=N–C) groups is 1. The van der Waals surface area contributed by atoms with Crippen LogP contribution >= 0.6 is 0 Å². The summed E-state index contributed by atoms with van der Waals surface area (Å²) in [6, 6.07) is 5.61. The SMILES string of the molecule is CCC(O)[C@H]1CN(c2cccc3c2OCC2=NC=C[N+]23)C(=O)O1. The number of hydrogen-bond donors (Lipinski definition) is 1. The number of amides is 1. The third-order valence-electron chi connectivity index (χ3n) is 4.27. The van der Waals surface area contributed by atoms with Crippen LogP contribution in [0, 0.1) is 0 Å². The van der Waals surface area contributed by atoms with Gasteiger partial charge in [0.1, 0.15) is 6.10 Å². The van der Waals surface area contributed by atoms with E-state index in [1.54, 1.807) is 6.20 Å². The number of cyclic esters (lactones) is 1. The Hall–Kier alpha value is -2.38. The van der Waals surface area contributed by atoms with Gasteiger partial charge in [-0.1, -0.05) is 13.0 Å². The minimum atomic E-state index is -0.662. The Labute approximate surface area is 133 Å². The Kier molecular flexibility index (Phi) is 3.32. The topological polar surface area (TPSA) is 77.3 Å². The number of aliphatic hydroxyl groups excluding tert-OH is 1. The maximum Gasteiger partial charge on any atom is 0.414 e. The first-order valence-electron chi connectivity index (χ1n) is 7.63. The summed E-state index contributed by atoms with van der Waals surface area (Å²) in [4.78, 5) is 19.9. The number of aliphatic hydroxyl groups is 1. The lowest BCUT2D eigenvalue weighted by atomic mass is 10.1. The van der Waals surface area contributed by atoms with Crippen LogP contribution in [0.15, 0.2) is 35.6 Å². The molecule has 0 bridgehead atoms. The molecule has 0 spiro atoms. The molecular weight excluding hydrogens is 298 g/mol. The average Bonchev–Trinajstić information content (AvgIpc) is 3.20. The van der Waals surface area contributed by atoms with Gasteiger partial charge in [0.25, 0.3) is 0 Å². The van der Waals surface area contributed by atoms with Crippen molar-refractivity contribution in [2.75, 3.05) is 18.1 Å². The van der Waals surface area contributed by atoms with Crippen LogP contribution in [0.4, 0.5) is 16.2 Å². The van der Waals surface area contributed by atoms with E-state index in [0.717, 1.165) is 11.5 Å². The number of carbonyl (C=O) groups is 1. The maximum atomic E-state index is 12.2. The van der Waals surface area contributed by atoms with Crippen LogP contribution in [-0.4, -0.2) is 42.4 Å². The molecule has 1 radical (unpaired) electrons. The van der Waals surface area contributed by atoms with Crippen LogP contribution in [0.5, 0.6) is 5.75 Å². The standard InChI is InChI=1S/C16H17N3O4/c1-2-12(20)13-8-19(16(21)23-13)11-5-3-4-10-15(11)22-9-14-17-6-7-18(10)14/h3-7,12-13,20H,2,8-9H2,1H3/q+1/t12?,13-/m1/s1. The molecule has 1 aromatic rings. The van der Waals surface area contributed by atoms with Crippen LogP contribution in [0.3, 0.4) is 0 Å². The number of benzene rings is 1. The van der Waals surface area contributed by atoms with Crippen molar-refractivity contribution >= 4 is 23.3 Å². The second kappa shape index (κ2) is 5.36. The molecule has 23 heavy (non-hydrogen) atoms. The second-order valence-electron chi connectivity index (χ2n) is 5.64. The van der Waals surface area contributed by atoms with Gasteiger partial charge < -0.3 is 14.6 Å². The maximum absolute atomic E-state index is 12.2. The minimum Gasteiger partial charge on any atom is -0.473 e. The van der Waals surface area contributed by atoms with E-state index in [0.29, 0.717) is 31.0 Å². The highest BCUT2D eigenvalue weighted by Gasteiger charge is 2.42. The Bertz CT molecular complexity index is 715. The first kappa shape index (κ1) is 14.2. The highest BCUT2D eigenvalue weighted by Crippen LogP contribution is 2.42. The molecule has 1 aromatic carbocycles. The Morgan fingerprint density at radius 2 is 2.39 bits per heavy atom. The molecule has 0 saturated carbocycles. The minimum absolute atomic E-state index is 0.310. The summed E-state index contributed by atoms with van der Waals surface area (Å²) in [6.07, 6.45) is 2.48. The van der Waals surface area contributed by atoms with Gasteiger partial charge in [-0.25, -0.2) is 4.79 Å². The lowest BCUT2D eigenvalue weighted by Crippen LogP contribution is -2.35. The smallest absolute Gasteiger partial charge is 0.414 e. The van der Waals surface area contributed by atoms with E-state index in [1.165, 1.54) is 4.90 Å². The quantitative estimate of drug-likeness (QED) is 0.863. The first-order chi connectivity index (χ1) is 11.2. The molecule has 1 unspecified atom stereocenters. The lowest BCUT2D eigenvalue weighted by Gasteiger charge is -2.22. The zero-order valence-corrected chi connectivity index (χ0v) is 12.7. The van der Waals surface area contributed by atoms with Crippen molar-refractivity contribution in [3.05, 3.63) is 30.6 Å². The van der Waals surface area contributed by atoms with Gasteiger partial charge in [-0.05, 0) is 17.4 Å². The molecular formula is C16H17N3O4+. The molecule has 3 heterocycles. The molecule has 1 amide bonds. The number of amidine groups is 1. The molecule has 1 N–H and O–H groups in total. The molecule has 2 atom stereocenters. The second-order valence-corrected chi connectivity index (χ2v) is 5.64. The van der Waals surface area contributed by atoms with Crippen molar-refractivity contribution in [3.8, 4) is 5.75 Å². The number of ether oxygens (including phenoxy) is 2. The molecule has 119 valence electrons. The summed E-state index contributed by atoms with van der Waals surface area (Å²) in [5, 5.41) is 9.93. The third-order valence-corrected chi connectivity index (χ3v) is 4.27. The van der Waals surface area contributed by atoms with Gasteiger partial charge in [0.2, 0.25) is 11.4 Å². The van der Waals surface area contributed by atoms with E-state index in [-0.39, 0.29) is 0 Å². The zero-order valence-electron chi connectivity index (χ0n) is 12.7. The predicted molar refractivity (Wildman–Crippen MR) is 84.2 cm³/mol. The number of hydrogen-bond acceptors (Lipinski definition) is 6. The van der Waals surface area contributed by atoms with Crippen molar-refractivity contribution in [2.45, 2.75) is 25.6 Å². The van der Waals surface area contributed by atoms with Gasteiger partial charge in [-0.15, -0.1) is 0 Å². The molecule has 7 heteroatoms. The van der Waals surface area contributed by atoms with Crippen LogP contribution < -0.4 is 14.5 Å². The van der Waals surface area contributed by atoms with E-state index < -0.39 is 18.3 Å². The number of rotatable bonds is 3. The van der Waals surface area contributed by atoms with Gasteiger partial charge in [0, 0.05) is 6.07 Å². The van der Waals surface area contributed by atoms with Crippen molar-refractivity contribution in [1.82, 2.24) is 4.90 Å². The summed E-state index contributed by atoms with van der Waals surface area (Å²) in [5.74, 6) is 1.44. The third kappa shape index (κ3) is 2.20. The van der Waals surface area contributed by atoms with Crippen LogP contribution in [0.1, 0.15) is 13.3 Å². The lowest BCUT2D eigenvalue weighted by molar-refractivity contribution is 0.0308. The van der Waals surface area contributed by atoms with Crippen molar-refractivity contribution < 1.29 is 19.4 Å². The predicted octanol–water partition coefficient (Wildman–Crippen LogP) is 1.83. The van der Waals surface area contributed by atoms with Crippen molar-refractivity contribution in [2.24, 2.45) is 4.99 Å². The molecule has 0 aliphatic carbocycles. The molecule has 1 fully saturated rings. The van der Waals surface area contributed by atoms with E-state index in [2.05, 4.69) is 4.99 Å². The first-order valence-corrected chi connectivity index (χ1v) is 7.63. The van der Waals surface area contributed by atoms with Crippen molar-refractivity contribution in [3.63, 3.8) is 0 Å². The molecule has 4 rings (SSSR count). The molecule has 1 saturated heterocycles. The van der Waals surface area contributed by atoms with Gasteiger partial charge in [0.05, 0.1) is 24.5 Å². The average molecular weight is 315 g/mol. The monoisotopic (exact) mass is 315 g/mol. The van der Waals surface area contributed by atoms with Crippen LogP contribution in [-0.2, 0) is 4.74 Å². The number of para-hydroxylation sites is 1. The molecule has 3 aliphatic rings. The fourth-order valence-corrected chi connectivity index (χ4v) is 3.00. The summed E-state index contributed by atoms with van der Waals surface area (Å²) >= 11 is 0. The van der Waals surface area contributed by atoms with Gasteiger partial charge >= 0.3 is 11.9 Å². The normalized spacial score (nSPS) is 23.9. The number of carbonyl (C=O) groups excluding carboxylic acids is 1.